The van der Waals surface area contributed by atoms with Gasteiger partial charge in [0.15, 0.2) is 0 Å². The Morgan fingerprint density at radius 1 is 1.21 bits per heavy atom. The molecule has 5 aliphatic rings. The second-order valence-electron chi connectivity index (χ2n) is 9.95. The molecule has 6 rings (SSSR count). The fourth-order valence-corrected chi connectivity index (χ4v) is 6.97. The van der Waals surface area contributed by atoms with Crippen LogP contribution in [0.5, 0.6) is 5.75 Å². The SMILES string of the molecule is COc1ccc2c(c1)C13CCN(CC4CC4)[C@H](C2)[C@@H]1CC[C@@]1(C3)NC(=O)NC1=O. The lowest BCUT2D eigenvalue weighted by atomic mass is 9.49. The number of nitrogens with zero attached hydrogens (tertiary/aromatic N) is 1. The van der Waals surface area contributed by atoms with Crippen LogP contribution >= 0.6 is 0 Å². The number of hydrogen-bond acceptors (Lipinski definition) is 4. The van der Waals surface area contributed by atoms with Crippen molar-refractivity contribution in [3.63, 3.8) is 0 Å². The Balaban J connectivity index is 1.45. The average molecular weight is 396 g/mol. The van der Waals surface area contributed by atoms with Crippen LogP contribution in [0.4, 0.5) is 4.79 Å². The Labute approximate surface area is 171 Å². The second-order valence-corrected chi connectivity index (χ2v) is 9.95. The highest BCUT2D eigenvalue weighted by molar-refractivity contribution is 6.07. The fraction of sp³-hybridized carbons (Fsp3) is 0.652. The Kier molecular flexibility index (Phi) is 3.65. The van der Waals surface area contributed by atoms with E-state index >= 15 is 0 Å². The van der Waals surface area contributed by atoms with Gasteiger partial charge < -0.3 is 10.1 Å². The molecular formula is C23H29N3O3. The van der Waals surface area contributed by atoms with E-state index < -0.39 is 5.54 Å². The van der Waals surface area contributed by atoms with Crippen LogP contribution in [0.15, 0.2) is 18.2 Å². The van der Waals surface area contributed by atoms with Crippen LogP contribution in [-0.4, -0.2) is 48.6 Å². The number of ether oxygens (including phenoxy) is 1. The number of carbonyl (C=O) groups excluding carboxylic acids is 2. The van der Waals surface area contributed by atoms with Crippen molar-refractivity contribution in [1.82, 2.24) is 15.5 Å². The maximum atomic E-state index is 12.8. The van der Waals surface area contributed by atoms with Gasteiger partial charge in [0.25, 0.3) is 5.91 Å². The van der Waals surface area contributed by atoms with Gasteiger partial charge in [-0.05, 0) is 86.6 Å². The third kappa shape index (κ3) is 2.51. The van der Waals surface area contributed by atoms with Crippen molar-refractivity contribution in [2.45, 2.75) is 61.9 Å². The zero-order chi connectivity index (χ0) is 19.8. The van der Waals surface area contributed by atoms with E-state index in [0.717, 1.165) is 43.9 Å². The van der Waals surface area contributed by atoms with Gasteiger partial charge in [-0.1, -0.05) is 6.07 Å². The largest absolute Gasteiger partial charge is 0.497 e. The van der Waals surface area contributed by atoms with Crippen molar-refractivity contribution in [2.24, 2.45) is 11.8 Å². The maximum Gasteiger partial charge on any atom is 0.322 e. The molecule has 6 nitrogen and oxygen atoms in total. The first-order valence-electron chi connectivity index (χ1n) is 11.1. The first-order valence-corrected chi connectivity index (χ1v) is 11.1. The van der Waals surface area contributed by atoms with Crippen LogP contribution in [0.1, 0.15) is 49.7 Å². The van der Waals surface area contributed by atoms with E-state index in [1.54, 1.807) is 7.11 Å². The normalized spacial score (nSPS) is 38.2. The standard InChI is InChI=1S/C23H29N3O3/c1-29-16-5-4-15-10-19-17-6-7-23(20(27)24-21(28)25-23)13-22(17,18(15)11-16)8-9-26(19)12-14-2-3-14/h4-5,11,14,17,19H,2-3,6-10,12-13H2,1H3,(H2,24,25,27,28)/t17-,19+,22?,23-/m0/s1. The number of likely N-dealkylation sites (tertiary alicyclic amines) is 1. The number of carbonyl (C=O) groups is 2. The van der Waals surface area contributed by atoms with Gasteiger partial charge in [0, 0.05) is 18.0 Å². The van der Waals surface area contributed by atoms with Crippen molar-refractivity contribution in [3.05, 3.63) is 29.3 Å². The number of piperidine rings is 1. The molecule has 2 bridgehead atoms. The Morgan fingerprint density at radius 3 is 2.79 bits per heavy atom. The molecule has 2 saturated heterocycles. The van der Waals surface area contributed by atoms with E-state index in [-0.39, 0.29) is 17.4 Å². The minimum absolute atomic E-state index is 0.0694. The molecule has 1 aromatic rings. The Hall–Kier alpha value is -2.08. The smallest absolute Gasteiger partial charge is 0.322 e. The first-order chi connectivity index (χ1) is 14.0. The maximum absolute atomic E-state index is 12.8. The average Bonchev–Trinajstić information content (AvgIpc) is 3.49. The predicted molar refractivity (Wildman–Crippen MR) is 108 cm³/mol. The molecule has 2 saturated carbocycles. The number of nitrogens with one attached hydrogen (secondary N) is 2. The molecule has 4 atom stereocenters. The molecule has 6 heteroatoms. The molecule has 2 N–H and O–H groups in total. The Bertz CT molecular complexity index is 897. The highest BCUT2D eigenvalue weighted by Crippen LogP contribution is 2.59. The summed E-state index contributed by atoms with van der Waals surface area (Å²) in [7, 11) is 1.72. The molecule has 4 fully saturated rings. The third-order valence-corrected chi connectivity index (χ3v) is 8.47. The second kappa shape index (κ2) is 5.97. The number of fused-ring (bicyclic) bond motifs is 1. The number of methoxy groups -OCH3 is 1. The fourth-order valence-electron chi connectivity index (χ4n) is 6.97. The summed E-state index contributed by atoms with van der Waals surface area (Å²) in [4.78, 5) is 27.6. The van der Waals surface area contributed by atoms with E-state index in [9.17, 15) is 9.59 Å². The number of amides is 3. The lowest BCUT2D eigenvalue weighted by molar-refractivity contribution is -0.129. The van der Waals surface area contributed by atoms with E-state index in [1.165, 1.54) is 30.5 Å². The van der Waals surface area contributed by atoms with E-state index in [4.69, 9.17) is 4.74 Å². The van der Waals surface area contributed by atoms with Crippen molar-refractivity contribution in [3.8, 4) is 5.75 Å². The van der Waals surface area contributed by atoms with Crippen LogP contribution < -0.4 is 15.4 Å². The Morgan fingerprint density at radius 2 is 2.07 bits per heavy atom. The van der Waals surface area contributed by atoms with Crippen LogP contribution in [0, 0.1) is 11.8 Å². The van der Waals surface area contributed by atoms with Crippen LogP contribution in [0.25, 0.3) is 0 Å². The molecule has 154 valence electrons. The highest BCUT2D eigenvalue weighted by Gasteiger charge is 2.62. The summed E-state index contributed by atoms with van der Waals surface area (Å²) in [5.41, 5.74) is 1.93. The van der Waals surface area contributed by atoms with Gasteiger partial charge in [0.1, 0.15) is 11.3 Å². The number of imide groups is 1. The van der Waals surface area contributed by atoms with Crippen molar-refractivity contribution < 1.29 is 14.3 Å². The van der Waals surface area contributed by atoms with Gasteiger partial charge >= 0.3 is 6.03 Å². The molecule has 0 aromatic heterocycles. The third-order valence-electron chi connectivity index (χ3n) is 8.47. The van der Waals surface area contributed by atoms with Gasteiger partial charge in [-0.2, -0.15) is 0 Å². The summed E-state index contributed by atoms with van der Waals surface area (Å²) in [6.07, 6.45) is 7.32. The predicted octanol–water partition coefficient (Wildman–Crippen LogP) is 2.35. The molecule has 29 heavy (non-hydrogen) atoms. The topological polar surface area (TPSA) is 70.7 Å². The monoisotopic (exact) mass is 395 g/mol. The molecule has 0 radical (unpaired) electrons. The quantitative estimate of drug-likeness (QED) is 0.771. The number of hydrogen-bond donors (Lipinski definition) is 2. The summed E-state index contributed by atoms with van der Waals surface area (Å²) in [6, 6.07) is 6.72. The number of benzene rings is 1. The van der Waals surface area contributed by atoms with Crippen molar-refractivity contribution in [1.29, 1.82) is 0 Å². The molecule has 3 amide bonds. The molecule has 3 aliphatic carbocycles. The molecule has 2 aliphatic heterocycles. The van der Waals surface area contributed by atoms with E-state index in [2.05, 4.69) is 33.7 Å². The van der Waals surface area contributed by atoms with Crippen LogP contribution in [0.3, 0.4) is 0 Å². The lowest BCUT2D eigenvalue weighted by Gasteiger charge is -2.61. The summed E-state index contributed by atoms with van der Waals surface area (Å²) >= 11 is 0. The summed E-state index contributed by atoms with van der Waals surface area (Å²) in [6.45, 7) is 2.31. The molecule has 2 heterocycles. The van der Waals surface area contributed by atoms with Gasteiger partial charge in [0.05, 0.1) is 7.11 Å². The lowest BCUT2D eigenvalue weighted by Crippen LogP contribution is -2.67. The van der Waals surface area contributed by atoms with Gasteiger partial charge in [-0.3, -0.25) is 15.0 Å². The summed E-state index contributed by atoms with van der Waals surface area (Å²) in [5, 5.41) is 5.53. The van der Waals surface area contributed by atoms with Crippen molar-refractivity contribution >= 4 is 11.9 Å². The molecule has 1 unspecified atom stereocenters. The zero-order valence-electron chi connectivity index (χ0n) is 17.0. The number of rotatable bonds is 3. The summed E-state index contributed by atoms with van der Waals surface area (Å²) < 4.78 is 5.57. The van der Waals surface area contributed by atoms with Gasteiger partial charge in [0.2, 0.25) is 0 Å². The van der Waals surface area contributed by atoms with E-state index in [0.29, 0.717) is 18.4 Å². The van der Waals surface area contributed by atoms with Crippen LogP contribution in [-0.2, 0) is 16.6 Å². The van der Waals surface area contributed by atoms with E-state index in [1.807, 2.05) is 0 Å². The minimum atomic E-state index is -0.755. The first kappa shape index (κ1) is 17.8. The molecule has 1 aromatic carbocycles. The zero-order valence-corrected chi connectivity index (χ0v) is 17.0. The van der Waals surface area contributed by atoms with Crippen LogP contribution in [0.2, 0.25) is 0 Å². The van der Waals surface area contributed by atoms with Gasteiger partial charge in [-0.15, -0.1) is 0 Å². The van der Waals surface area contributed by atoms with Crippen molar-refractivity contribution in [2.75, 3.05) is 20.2 Å². The summed E-state index contributed by atoms with van der Waals surface area (Å²) in [5.74, 6) is 2.16. The highest BCUT2D eigenvalue weighted by atomic mass is 16.5. The molecular weight excluding hydrogens is 366 g/mol. The minimum Gasteiger partial charge on any atom is -0.497 e. The number of urea groups is 1. The molecule has 1 spiro atoms. The van der Waals surface area contributed by atoms with Gasteiger partial charge in [-0.25, -0.2) is 4.79 Å².